The van der Waals surface area contributed by atoms with E-state index in [1.807, 2.05) is 0 Å². The van der Waals surface area contributed by atoms with Gasteiger partial charge >= 0.3 is 0 Å². The van der Waals surface area contributed by atoms with E-state index in [0.29, 0.717) is 13.2 Å². The number of ether oxygens (including phenoxy) is 4. The van der Waals surface area contributed by atoms with Crippen molar-refractivity contribution < 1.29 is 29.2 Å². The minimum absolute atomic E-state index is 0.186. The lowest BCUT2D eigenvalue weighted by Gasteiger charge is -2.52. The topological polar surface area (TPSA) is 129 Å². The normalized spacial score (nSPS) is 55.5. The number of hydrogen-bond donors (Lipinski definition) is 4. The molecule has 4 heterocycles. The molecule has 0 bridgehead atoms. The van der Waals surface area contributed by atoms with E-state index < -0.39 is 36.5 Å². The molecular formula is C16H28N2O6. The molecule has 4 saturated heterocycles. The Hall–Kier alpha value is -0.320. The van der Waals surface area contributed by atoms with Crippen LogP contribution in [0.3, 0.4) is 0 Å². The maximum absolute atomic E-state index is 10.6. The molecule has 8 nitrogen and oxygen atoms in total. The Morgan fingerprint density at radius 1 is 0.667 bits per heavy atom. The van der Waals surface area contributed by atoms with E-state index in [9.17, 15) is 10.2 Å². The van der Waals surface area contributed by atoms with Crippen LogP contribution in [0.15, 0.2) is 0 Å². The lowest BCUT2D eigenvalue weighted by Crippen LogP contribution is -2.71. The zero-order chi connectivity index (χ0) is 16.8. The molecule has 0 saturated carbocycles. The molecule has 24 heavy (non-hydrogen) atoms. The zero-order valence-electron chi connectivity index (χ0n) is 13.7. The van der Waals surface area contributed by atoms with E-state index in [1.165, 1.54) is 0 Å². The van der Waals surface area contributed by atoms with Crippen molar-refractivity contribution in [2.24, 2.45) is 11.5 Å². The number of nitrogens with two attached hydrogens (primary N) is 2. The highest BCUT2D eigenvalue weighted by atomic mass is 16.6. The minimum atomic E-state index is -0.975. The monoisotopic (exact) mass is 344 g/mol. The van der Waals surface area contributed by atoms with E-state index in [1.54, 1.807) is 0 Å². The number of aliphatic hydroxyl groups excluding tert-OH is 2. The molecule has 0 aromatic carbocycles. The van der Waals surface area contributed by atoms with Gasteiger partial charge in [0.15, 0.2) is 0 Å². The molecule has 138 valence electrons. The second-order valence-electron chi connectivity index (χ2n) is 7.37. The maximum Gasteiger partial charge on any atom is 0.114 e. The first-order valence-corrected chi connectivity index (χ1v) is 8.99. The quantitative estimate of drug-likeness (QED) is 0.441. The average Bonchev–Trinajstić information content (AvgIpc) is 2.61. The van der Waals surface area contributed by atoms with Crippen LogP contribution in [0.1, 0.15) is 25.7 Å². The van der Waals surface area contributed by atoms with E-state index >= 15 is 0 Å². The maximum atomic E-state index is 10.6. The predicted molar refractivity (Wildman–Crippen MR) is 83.2 cm³/mol. The largest absolute Gasteiger partial charge is 0.389 e. The van der Waals surface area contributed by atoms with Crippen LogP contribution in [0.5, 0.6) is 0 Å². The van der Waals surface area contributed by atoms with Gasteiger partial charge in [0.1, 0.15) is 36.6 Å². The molecule has 0 unspecified atom stereocenters. The van der Waals surface area contributed by atoms with Crippen molar-refractivity contribution in [2.75, 3.05) is 13.2 Å². The van der Waals surface area contributed by atoms with Gasteiger partial charge in [0.25, 0.3) is 0 Å². The molecule has 0 spiro atoms. The average molecular weight is 344 g/mol. The molecule has 0 aromatic heterocycles. The molecular weight excluding hydrogens is 316 g/mol. The van der Waals surface area contributed by atoms with Crippen molar-refractivity contribution in [3.05, 3.63) is 0 Å². The SMILES string of the molecule is N[C@@H]1[C@@H](O)[C@H]([C@H]2O[C@H]3CCCO[C@@H]3[C@H](N)[C@H]2O)O[C@H]2CCCO[C@H]12. The van der Waals surface area contributed by atoms with Crippen LogP contribution >= 0.6 is 0 Å². The van der Waals surface area contributed by atoms with Gasteiger partial charge in [-0.25, -0.2) is 0 Å². The first-order valence-electron chi connectivity index (χ1n) is 8.99. The predicted octanol–water partition coefficient (Wildman–Crippen LogP) is -1.74. The summed E-state index contributed by atoms with van der Waals surface area (Å²) in [6, 6.07) is -1.14. The summed E-state index contributed by atoms with van der Waals surface area (Å²) >= 11 is 0. The smallest absolute Gasteiger partial charge is 0.114 e. The fourth-order valence-electron chi connectivity index (χ4n) is 4.49. The van der Waals surface area contributed by atoms with Crippen LogP contribution in [0.4, 0.5) is 0 Å². The molecule has 4 aliphatic rings. The summed E-state index contributed by atoms with van der Waals surface area (Å²) in [4.78, 5) is 0. The van der Waals surface area contributed by atoms with Gasteiger partial charge in [-0.3, -0.25) is 0 Å². The Balaban J connectivity index is 1.53. The van der Waals surface area contributed by atoms with Gasteiger partial charge in [0.05, 0.1) is 24.3 Å². The van der Waals surface area contributed by atoms with Gasteiger partial charge < -0.3 is 40.6 Å². The Labute approximate surface area is 141 Å². The van der Waals surface area contributed by atoms with Gasteiger partial charge in [0.2, 0.25) is 0 Å². The van der Waals surface area contributed by atoms with Gasteiger partial charge in [0, 0.05) is 13.2 Å². The summed E-state index contributed by atoms with van der Waals surface area (Å²) in [5.74, 6) is 0. The summed E-state index contributed by atoms with van der Waals surface area (Å²) in [7, 11) is 0. The number of fused-ring (bicyclic) bond motifs is 2. The van der Waals surface area contributed by atoms with Gasteiger partial charge in [-0.15, -0.1) is 0 Å². The molecule has 0 radical (unpaired) electrons. The molecule has 10 atom stereocenters. The summed E-state index contributed by atoms with van der Waals surface area (Å²) in [6.45, 7) is 1.26. The van der Waals surface area contributed by atoms with E-state index in [4.69, 9.17) is 30.4 Å². The van der Waals surface area contributed by atoms with Crippen molar-refractivity contribution in [3.63, 3.8) is 0 Å². The highest BCUT2D eigenvalue weighted by molar-refractivity contribution is 5.05. The van der Waals surface area contributed by atoms with Crippen LogP contribution in [0, 0.1) is 0 Å². The highest BCUT2D eigenvalue weighted by Crippen LogP contribution is 2.36. The molecule has 0 aliphatic carbocycles. The fourth-order valence-corrected chi connectivity index (χ4v) is 4.49. The van der Waals surface area contributed by atoms with E-state index in [-0.39, 0.29) is 24.4 Å². The lowest BCUT2D eigenvalue weighted by molar-refractivity contribution is -0.285. The fraction of sp³-hybridized carbons (Fsp3) is 1.00. The van der Waals surface area contributed by atoms with Crippen LogP contribution in [0.2, 0.25) is 0 Å². The highest BCUT2D eigenvalue weighted by Gasteiger charge is 2.54. The van der Waals surface area contributed by atoms with Crippen molar-refractivity contribution in [3.8, 4) is 0 Å². The molecule has 0 amide bonds. The van der Waals surface area contributed by atoms with Crippen LogP contribution in [-0.4, -0.2) is 84.3 Å². The minimum Gasteiger partial charge on any atom is -0.389 e. The number of hydrogen-bond acceptors (Lipinski definition) is 8. The van der Waals surface area contributed by atoms with Crippen molar-refractivity contribution in [1.29, 1.82) is 0 Å². The first-order chi connectivity index (χ1) is 11.6. The van der Waals surface area contributed by atoms with Crippen LogP contribution in [-0.2, 0) is 18.9 Å². The lowest BCUT2D eigenvalue weighted by atomic mass is 9.82. The summed E-state index contributed by atoms with van der Waals surface area (Å²) in [5.41, 5.74) is 12.4. The molecule has 6 N–H and O–H groups in total. The second-order valence-corrected chi connectivity index (χ2v) is 7.37. The van der Waals surface area contributed by atoms with Crippen molar-refractivity contribution >= 4 is 0 Å². The molecule has 0 aromatic rings. The molecule has 4 aliphatic heterocycles. The summed E-state index contributed by atoms with van der Waals surface area (Å²) in [6.07, 6.45) is -0.948. The summed E-state index contributed by atoms with van der Waals surface area (Å²) < 4.78 is 23.5. The van der Waals surface area contributed by atoms with E-state index in [0.717, 1.165) is 25.7 Å². The third kappa shape index (κ3) is 2.79. The summed E-state index contributed by atoms with van der Waals surface area (Å²) in [5, 5.41) is 21.3. The molecule has 4 rings (SSSR count). The van der Waals surface area contributed by atoms with Gasteiger partial charge in [-0.05, 0) is 25.7 Å². The Kier molecular flexibility index (Phi) is 4.83. The van der Waals surface area contributed by atoms with Gasteiger partial charge in [-0.1, -0.05) is 0 Å². The standard InChI is InChI=1S/C16H28N2O6/c17-9-11(19)15(23-7-3-1-5-21-13(7)9)16-12(20)10(18)14-8(24-16)4-2-6-22-14/h7-16,19-20H,1-6,17-18H2/t7-,8-,9+,10+,11+,12+,13-,14-,15-,16+/m0/s1. The van der Waals surface area contributed by atoms with Crippen molar-refractivity contribution in [2.45, 2.75) is 86.6 Å². The number of aliphatic hydroxyl groups is 2. The number of rotatable bonds is 1. The molecule has 8 heteroatoms. The second kappa shape index (κ2) is 6.77. The zero-order valence-corrected chi connectivity index (χ0v) is 13.7. The third-order valence-corrected chi connectivity index (χ3v) is 5.83. The van der Waals surface area contributed by atoms with E-state index in [2.05, 4.69) is 0 Å². The van der Waals surface area contributed by atoms with Crippen LogP contribution in [0.25, 0.3) is 0 Å². The van der Waals surface area contributed by atoms with Crippen molar-refractivity contribution in [1.82, 2.24) is 0 Å². The van der Waals surface area contributed by atoms with Crippen LogP contribution < -0.4 is 11.5 Å². The van der Waals surface area contributed by atoms with Gasteiger partial charge in [-0.2, -0.15) is 0 Å². The molecule has 4 fully saturated rings. The Bertz CT molecular complexity index is 410. The third-order valence-electron chi connectivity index (χ3n) is 5.83. The Morgan fingerprint density at radius 2 is 1.08 bits per heavy atom. The Morgan fingerprint density at radius 3 is 1.50 bits per heavy atom. The first kappa shape index (κ1) is 17.1.